The van der Waals surface area contributed by atoms with Crippen molar-refractivity contribution in [1.82, 2.24) is 0 Å². The molecule has 0 saturated heterocycles. The fourth-order valence-corrected chi connectivity index (χ4v) is 1.42. The van der Waals surface area contributed by atoms with Gasteiger partial charge in [-0.05, 0) is 37.2 Å². The number of halogens is 3. The van der Waals surface area contributed by atoms with Gasteiger partial charge in [0.05, 0.1) is 5.56 Å². The standard InChI is InChI=1S/C11H12F3N/c1-4-15-10-6-9(11(12,13)14)7(2)5-8(10)3/h4-6,15H,1H2,2-3H3. The molecule has 15 heavy (non-hydrogen) atoms. The van der Waals surface area contributed by atoms with E-state index in [0.717, 1.165) is 11.6 Å². The van der Waals surface area contributed by atoms with E-state index in [0.29, 0.717) is 5.69 Å². The first kappa shape index (κ1) is 11.6. The van der Waals surface area contributed by atoms with Crippen LogP contribution in [-0.4, -0.2) is 0 Å². The minimum absolute atomic E-state index is 0.231. The molecular formula is C11H12F3N. The van der Waals surface area contributed by atoms with Crippen molar-refractivity contribution in [3.63, 3.8) is 0 Å². The Hall–Kier alpha value is -1.45. The molecule has 0 unspecified atom stereocenters. The van der Waals surface area contributed by atoms with Gasteiger partial charge in [-0.25, -0.2) is 0 Å². The predicted molar refractivity (Wildman–Crippen MR) is 54.7 cm³/mol. The number of rotatable bonds is 2. The van der Waals surface area contributed by atoms with Crippen molar-refractivity contribution < 1.29 is 13.2 Å². The highest BCUT2D eigenvalue weighted by Crippen LogP contribution is 2.34. The zero-order valence-electron chi connectivity index (χ0n) is 8.57. The Balaban J connectivity index is 3.29. The predicted octanol–water partition coefficient (Wildman–Crippen LogP) is 3.88. The first-order valence-corrected chi connectivity index (χ1v) is 4.42. The third-order valence-electron chi connectivity index (χ3n) is 2.13. The van der Waals surface area contributed by atoms with Gasteiger partial charge in [0.15, 0.2) is 0 Å². The molecule has 0 radical (unpaired) electrons. The van der Waals surface area contributed by atoms with Gasteiger partial charge >= 0.3 is 6.18 Å². The average Bonchev–Trinajstić information content (AvgIpc) is 2.07. The van der Waals surface area contributed by atoms with Crippen LogP contribution < -0.4 is 5.32 Å². The summed E-state index contributed by atoms with van der Waals surface area (Å²) in [6.45, 7) is 6.62. The second-order valence-corrected chi connectivity index (χ2v) is 3.33. The number of aryl methyl sites for hydroxylation is 2. The third-order valence-corrected chi connectivity index (χ3v) is 2.13. The summed E-state index contributed by atoms with van der Waals surface area (Å²) in [6, 6.07) is 2.61. The molecule has 1 rings (SSSR count). The third kappa shape index (κ3) is 2.52. The van der Waals surface area contributed by atoms with Crippen molar-refractivity contribution in [3.05, 3.63) is 41.6 Å². The van der Waals surface area contributed by atoms with Crippen LogP contribution in [0.3, 0.4) is 0 Å². The number of nitrogens with one attached hydrogen (secondary N) is 1. The molecule has 0 bridgehead atoms. The molecule has 0 amide bonds. The Morgan fingerprint density at radius 1 is 1.20 bits per heavy atom. The van der Waals surface area contributed by atoms with Gasteiger partial charge in [-0.3, -0.25) is 0 Å². The highest BCUT2D eigenvalue weighted by Gasteiger charge is 2.32. The lowest BCUT2D eigenvalue weighted by atomic mass is 10.0. The lowest BCUT2D eigenvalue weighted by Crippen LogP contribution is -2.08. The summed E-state index contributed by atoms with van der Waals surface area (Å²) in [7, 11) is 0. The van der Waals surface area contributed by atoms with Gasteiger partial charge in [0.2, 0.25) is 0 Å². The van der Waals surface area contributed by atoms with Crippen LogP contribution in [0.5, 0.6) is 0 Å². The van der Waals surface area contributed by atoms with Crippen LogP contribution in [0.2, 0.25) is 0 Å². The van der Waals surface area contributed by atoms with Crippen LogP contribution in [0.1, 0.15) is 16.7 Å². The maximum absolute atomic E-state index is 12.5. The van der Waals surface area contributed by atoms with Crippen LogP contribution in [0.25, 0.3) is 0 Å². The van der Waals surface area contributed by atoms with Gasteiger partial charge in [-0.2, -0.15) is 13.2 Å². The van der Waals surface area contributed by atoms with Crippen LogP contribution in [-0.2, 0) is 6.18 Å². The summed E-state index contributed by atoms with van der Waals surface area (Å²) in [4.78, 5) is 0. The Morgan fingerprint density at radius 3 is 2.27 bits per heavy atom. The zero-order valence-corrected chi connectivity index (χ0v) is 8.57. The maximum atomic E-state index is 12.5. The van der Waals surface area contributed by atoms with E-state index in [1.54, 1.807) is 6.92 Å². The molecule has 1 aromatic rings. The van der Waals surface area contributed by atoms with Gasteiger partial charge in [0.1, 0.15) is 0 Å². The van der Waals surface area contributed by atoms with E-state index in [-0.39, 0.29) is 5.56 Å². The smallest absolute Gasteiger partial charge is 0.362 e. The van der Waals surface area contributed by atoms with E-state index in [1.807, 2.05) is 0 Å². The van der Waals surface area contributed by atoms with Gasteiger partial charge in [0, 0.05) is 5.69 Å². The van der Waals surface area contributed by atoms with Gasteiger partial charge in [-0.1, -0.05) is 12.6 Å². The summed E-state index contributed by atoms with van der Waals surface area (Å²) in [5, 5.41) is 2.68. The fraction of sp³-hybridized carbons (Fsp3) is 0.273. The minimum Gasteiger partial charge on any atom is -0.362 e. The largest absolute Gasteiger partial charge is 0.416 e. The van der Waals surface area contributed by atoms with E-state index in [1.165, 1.54) is 19.2 Å². The molecule has 0 atom stereocenters. The Bertz CT molecular complexity index is 380. The molecule has 1 aromatic carbocycles. The monoisotopic (exact) mass is 215 g/mol. The highest BCUT2D eigenvalue weighted by atomic mass is 19.4. The quantitative estimate of drug-likeness (QED) is 0.789. The van der Waals surface area contributed by atoms with Crippen molar-refractivity contribution in [1.29, 1.82) is 0 Å². The summed E-state index contributed by atoms with van der Waals surface area (Å²) < 4.78 is 37.6. The lowest BCUT2D eigenvalue weighted by molar-refractivity contribution is -0.138. The average molecular weight is 215 g/mol. The summed E-state index contributed by atoms with van der Waals surface area (Å²) >= 11 is 0. The number of hydrogen-bond donors (Lipinski definition) is 1. The van der Waals surface area contributed by atoms with E-state index in [4.69, 9.17) is 0 Å². The van der Waals surface area contributed by atoms with Crippen molar-refractivity contribution in [2.24, 2.45) is 0 Å². The van der Waals surface area contributed by atoms with Crippen LogP contribution in [0, 0.1) is 13.8 Å². The SMILES string of the molecule is C=CNc1cc(C(F)(F)F)c(C)cc1C. The van der Waals surface area contributed by atoms with Crippen LogP contribution >= 0.6 is 0 Å². The topological polar surface area (TPSA) is 12.0 Å². The van der Waals surface area contributed by atoms with Crippen molar-refractivity contribution >= 4 is 5.69 Å². The number of benzene rings is 1. The first-order valence-electron chi connectivity index (χ1n) is 4.42. The maximum Gasteiger partial charge on any atom is 0.416 e. The number of hydrogen-bond acceptors (Lipinski definition) is 1. The molecule has 0 aromatic heterocycles. The Morgan fingerprint density at radius 2 is 1.80 bits per heavy atom. The zero-order chi connectivity index (χ0) is 11.6. The molecule has 0 aliphatic heterocycles. The van der Waals surface area contributed by atoms with E-state index in [9.17, 15) is 13.2 Å². The van der Waals surface area contributed by atoms with E-state index < -0.39 is 11.7 Å². The van der Waals surface area contributed by atoms with Crippen LogP contribution in [0.15, 0.2) is 24.9 Å². The molecule has 0 fully saturated rings. The molecule has 82 valence electrons. The summed E-state index contributed by atoms with van der Waals surface area (Å²) in [5.74, 6) is 0. The molecule has 1 N–H and O–H groups in total. The molecule has 0 heterocycles. The van der Waals surface area contributed by atoms with Gasteiger partial charge in [0.25, 0.3) is 0 Å². The molecule has 0 saturated carbocycles. The molecule has 1 nitrogen and oxygen atoms in total. The molecular weight excluding hydrogens is 203 g/mol. The molecule has 0 aliphatic rings. The van der Waals surface area contributed by atoms with Crippen LogP contribution in [0.4, 0.5) is 18.9 Å². The van der Waals surface area contributed by atoms with Gasteiger partial charge < -0.3 is 5.32 Å². The van der Waals surface area contributed by atoms with Crippen molar-refractivity contribution in [2.45, 2.75) is 20.0 Å². The number of anilines is 1. The minimum atomic E-state index is -4.31. The van der Waals surface area contributed by atoms with Crippen molar-refractivity contribution in [3.8, 4) is 0 Å². The highest BCUT2D eigenvalue weighted by molar-refractivity contribution is 5.56. The normalized spacial score (nSPS) is 11.3. The Kier molecular flexibility index (Phi) is 3.07. The van der Waals surface area contributed by atoms with Gasteiger partial charge in [-0.15, -0.1) is 0 Å². The number of alkyl halides is 3. The second-order valence-electron chi connectivity index (χ2n) is 3.33. The second kappa shape index (κ2) is 3.96. The summed E-state index contributed by atoms with van der Waals surface area (Å²) in [6.07, 6.45) is -2.95. The van der Waals surface area contributed by atoms with Crippen molar-refractivity contribution in [2.75, 3.05) is 5.32 Å². The fourth-order valence-electron chi connectivity index (χ4n) is 1.42. The van der Waals surface area contributed by atoms with E-state index in [2.05, 4.69) is 11.9 Å². The molecule has 4 heteroatoms. The Labute approximate surface area is 86.6 Å². The summed E-state index contributed by atoms with van der Waals surface area (Å²) in [5.41, 5.74) is 0.815. The molecule has 0 spiro atoms. The lowest BCUT2D eigenvalue weighted by Gasteiger charge is -2.14. The van der Waals surface area contributed by atoms with E-state index >= 15 is 0 Å². The molecule has 0 aliphatic carbocycles. The first-order chi connectivity index (χ1) is 6.86.